The standard InChI is InChI=1S/C21H23N3O2S2/c1-13-22-20(19-15-8-6-10-17(15)28-21(19)23-13)27-12-18(25)24(2)11-14-7-4-5-9-16(14)26-3/h4-5,7,9H,6,8,10-12H2,1-3H3. The second kappa shape index (κ2) is 8.09. The van der Waals surface area contributed by atoms with Gasteiger partial charge in [-0.15, -0.1) is 11.3 Å². The van der Waals surface area contributed by atoms with Crippen LogP contribution in [0.15, 0.2) is 29.3 Å². The lowest BCUT2D eigenvalue weighted by molar-refractivity contribution is -0.127. The van der Waals surface area contributed by atoms with E-state index < -0.39 is 0 Å². The van der Waals surface area contributed by atoms with Gasteiger partial charge in [-0.2, -0.15) is 0 Å². The fourth-order valence-electron chi connectivity index (χ4n) is 3.59. The molecule has 0 aliphatic heterocycles. The molecule has 2 heterocycles. The Morgan fingerprint density at radius 2 is 2.11 bits per heavy atom. The average molecular weight is 414 g/mol. The lowest BCUT2D eigenvalue weighted by Crippen LogP contribution is -2.28. The Morgan fingerprint density at radius 1 is 1.29 bits per heavy atom. The van der Waals surface area contributed by atoms with Gasteiger partial charge in [-0.25, -0.2) is 9.97 Å². The number of thioether (sulfide) groups is 1. The fourth-order valence-corrected chi connectivity index (χ4v) is 6.00. The van der Waals surface area contributed by atoms with E-state index in [1.165, 1.54) is 34.0 Å². The molecule has 0 bridgehead atoms. The molecule has 0 atom stereocenters. The van der Waals surface area contributed by atoms with Crippen LogP contribution in [0.5, 0.6) is 5.75 Å². The van der Waals surface area contributed by atoms with Crippen molar-refractivity contribution >= 4 is 39.2 Å². The summed E-state index contributed by atoms with van der Waals surface area (Å²) >= 11 is 3.31. The molecule has 146 valence electrons. The Bertz CT molecular complexity index is 1030. The summed E-state index contributed by atoms with van der Waals surface area (Å²) in [5.41, 5.74) is 2.40. The second-order valence-electron chi connectivity index (χ2n) is 6.96. The number of aryl methyl sites for hydroxylation is 3. The van der Waals surface area contributed by atoms with E-state index >= 15 is 0 Å². The molecule has 1 aliphatic carbocycles. The number of fused-ring (bicyclic) bond motifs is 3. The van der Waals surface area contributed by atoms with Gasteiger partial charge in [0, 0.05) is 29.4 Å². The number of hydrogen-bond donors (Lipinski definition) is 0. The van der Waals surface area contributed by atoms with Gasteiger partial charge in [-0.05, 0) is 37.8 Å². The molecule has 4 rings (SSSR count). The molecule has 0 saturated carbocycles. The summed E-state index contributed by atoms with van der Waals surface area (Å²) in [6, 6.07) is 7.80. The van der Waals surface area contributed by atoms with Crippen LogP contribution in [-0.2, 0) is 24.2 Å². The lowest BCUT2D eigenvalue weighted by atomic mass is 10.2. The van der Waals surface area contributed by atoms with Gasteiger partial charge in [0.2, 0.25) is 5.91 Å². The first-order chi connectivity index (χ1) is 13.6. The number of aromatic nitrogens is 2. The average Bonchev–Trinajstić information content (AvgIpc) is 3.26. The minimum atomic E-state index is 0.0761. The van der Waals surface area contributed by atoms with Gasteiger partial charge in [0.15, 0.2) is 0 Å². The molecule has 0 unspecified atom stereocenters. The summed E-state index contributed by atoms with van der Waals surface area (Å²) in [6.45, 7) is 2.44. The first-order valence-electron chi connectivity index (χ1n) is 9.34. The highest BCUT2D eigenvalue weighted by Crippen LogP contribution is 2.40. The molecule has 1 amide bonds. The van der Waals surface area contributed by atoms with Crippen molar-refractivity contribution in [3.63, 3.8) is 0 Å². The SMILES string of the molecule is COc1ccccc1CN(C)C(=O)CSc1nc(C)nc2sc3c(c12)CCC3. The molecule has 2 aromatic heterocycles. The minimum absolute atomic E-state index is 0.0761. The van der Waals surface area contributed by atoms with E-state index in [0.29, 0.717) is 12.3 Å². The molecule has 1 aliphatic rings. The Morgan fingerprint density at radius 3 is 2.93 bits per heavy atom. The maximum atomic E-state index is 12.7. The molecule has 7 heteroatoms. The quantitative estimate of drug-likeness (QED) is 0.447. The van der Waals surface area contributed by atoms with Crippen molar-refractivity contribution in [2.24, 2.45) is 0 Å². The normalized spacial score (nSPS) is 13.0. The minimum Gasteiger partial charge on any atom is -0.496 e. The van der Waals surface area contributed by atoms with Gasteiger partial charge in [-0.1, -0.05) is 30.0 Å². The van der Waals surface area contributed by atoms with Gasteiger partial charge in [0.1, 0.15) is 21.4 Å². The fraction of sp³-hybridized carbons (Fsp3) is 0.381. The molecule has 28 heavy (non-hydrogen) atoms. The highest BCUT2D eigenvalue weighted by molar-refractivity contribution is 8.00. The smallest absolute Gasteiger partial charge is 0.233 e. The molecular weight excluding hydrogens is 390 g/mol. The van der Waals surface area contributed by atoms with Crippen LogP contribution in [0, 0.1) is 6.92 Å². The summed E-state index contributed by atoms with van der Waals surface area (Å²) < 4.78 is 5.39. The number of thiophene rings is 1. The van der Waals surface area contributed by atoms with Gasteiger partial charge < -0.3 is 9.64 Å². The van der Waals surface area contributed by atoms with Crippen LogP contribution >= 0.6 is 23.1 Å². The number of methoxy groups -OCH3 is 1. The number of carbonyl (C=O) groups excluding carboxylic acids is 1. The molecular formula is C21H23N3O2S2. The summed E-state index contributed by atoms with van der Waals surface area (Å²) in [5.74, 6) is 2.01. The van der Waals surface area contributed by atoms with Gasteiger partial charge in [-0.3, -0.25) is 4.79 Å². The number of carbonyl (C=O) groups is 1. The zero-order valence-corrected chi connectivity index (χ0v) is 18.0. The molecule has 5 nitrogen and oxygen atoms in total. The predicted octanol–water partition coefficient (Wildman–Crippen LogP) is 4.25. The largest absolute Gasteiger partial charge is 0.496 e. The number of rotatable bonds is 6. The van der Waals surface area contributed by atoms with Crippen molar-refractivity contribution < 1.29 is 9.53 Å². The van der Waals surface area contributed by atoms with Crippen molar-refractivity contribution in [2.75, 3.05) is 19.9 Å². The zero-order valence-electron chi connectivity index (χ0n) is 16.3. The summed E-state index contributed by atoms with van der Waals surface area (Å²) in [5, 5.41) is 2.12. The molecule has 0 fully saturated rings. The van der Waals surface area contributed by atoms with Crippen molar-refractivity contribution in [3.05, 3.63) is 46.1 Å². The van der Waals surface area contributed by atoms with Crippen molar-refractivity contribution in [1.82, 2.24) is 14.9 Å². The summed E-state index contributed by atoms with van der Waals surface area (Å²) in [7, 11) is 3.48. The topological polar surface area (TPSA) is 55.3 Å². The van der Waals surface area contributed by atoms with E-state index in [4.69, 9.17) is 4.74 Å². The Hall–Kier alpha value is -2.12. The highest BCUT2D eigenvalue weighted by Gasteiger charge is 2.23. The number of para-hydroxylation sites is 1. The van der Waals surface area contributed by atoms with Crippen LogP contribution in [0.25, 0.3) is 10.2 Å². The Balaban J connectivity index is 1.49. The third kappa shape index (κ3) is 3.73. The van der Waals surface area contributed by atoms with Crippen LogP contribution in [0.2, 0.25) is 0 Å². The van der Waals surface area contributed by atoms with Crippen LogP contribution < -0.4 is 4.74 Å². The third-order valence-electron chi connectivity index (χ3n) is 5.00. The Kier molecular flexibility index (Phi) is 5.55. The van der Waals surface area contributed by atoms with Crippen LogP contribution in [0.4, 0.5) is 0 Å². The number of amides is 1. The maximum absolute atomic E-state index is 12.7. The second-order valence-corrected chi connectivity index (χ2v) is 9.01. The number of nitrogens with zero attached hydrogens (tertiary/aromatic N) is 3. The van der Waals surface area contributed by atoms with E-state index in [9.17, 15) is 4.79 Å². The van der Waals surface area contributed by atoms with Crippen molar-refractivity contribution in [3.8, 4) is 5.75 Å². The number of hydrogen-bond acceptors (Lipinski definition) is 6. The molecule has 0 radical (unpaired) electrons. The Labute approximate surface area is 173 Å². The molecule has 3 aromatic rings. The lowest BCUT2D eigenvalue weighted by Gasteiger charge is -2.18. The summed E-state index contributed by atoms with van der Waals surface area (Å²) in [6.07, 6.45) is 3.44. The van der Waals surface area contributed by atoms with E-state index in [-0.39, 0.29) is 5.91 Å². The first kappa shape index (κ1) is 19.2. The zero-order chi connectivity index (χ0) is 19.7. The van der Waals surface area contributed by atoms with E-state index in [1.54, 1.807) is 23.3 Å². The maximum Gasteiger partial charge on any atom is 0.233 e. The molecule has 1 aromatic carbocycles. The first-order valence-corrected chi connectivity index (χ1v) is 11.1. The van der Waals surface area contributed by atoms with Crippen molar-refractivity contribution in [1.29, 1.82) is 0 Å². The predicted molar refractivity (Wildman–Crippen MR) is 114 cm³/mol. The molecule has 0 spiro atoms. The van der Waals surface area contributed by atoms with Crippen molar-refractivity contribution in [2.45, 2.75) is 37.8 Å². The van der Waals surface area contributed by atoms with Gasteiger partial charge >= 0.3 is 0 Å². The third-order valence-corrected chi connectivity index (χ3v) is 7.15. The van der Waals surface area contributed by atoms with E-state index in [1.807, 2.05) is 38.2 Å². The van der Waals surface area contributed by atoms with Crippen LogP contribution in [0.1, 0.15) is 28.2 Å². The van der Waals surface area contributed by atoms with Crippen LogP contribution in [-0.4, -0.2) is 40.7 Å². The number of benzene rings is 1. The summed E-state index contributed by atoms with van der Waals surface area (Å²) in [4.78, 5) is 26.3. The van der Waals surface area contributed by atoms with Gasteiger partial charge in [0.05, 0.1) is 12.9 Å². The van der Waals surface area contributed by atoms with Gasteiger partial charge in [0.25, 0.3) is 0 Å². The van der Waals surface area contributed by atoms with Crippen LogP contribution in [0.3, 0.4) is 0 Å². The highest BCUT2D eigenvalue weighted by atomic mass is 32.2. The monoisotopic (exact) mass is 413 g/mol. The molecule has 0 saturated heterocycles. The van der Waals surface area contributed by atoms with E-state index in [0.717, 1.165) is 39.8 Å². The van der Waals surface area contributed by atoms with E-state index in [2.05, 4.69) is 9.97 Å². The molecule has 0 N–H and O–H groups in total. The number of ether oxygens (including phenoxy) is 1.